The van der Waals surface area contributed by atoms with Gasteiger partial charge >= 0.3 is 0 Å². The highest BCUT2D eigenvalue weighted by Crippen LogP contribution is 2.13. The molecule has 0 unspecified atom stereocenters. The number of hydrogen-bond donors (Lipinski definition) is 0. The Balaban J connectivity index is 3.30. The van der Waals surface area contributed by atoms with Gasteiger partial charge in [0, 0.05) is 5.69 Å². The van der Waals surface area contributed by atoms with Gasteiger partial charge in [-0.05, 0) is 25.0 Å². The van der Waals surface area contributed by atoms with Crippen LogP contribution in [0.5, 0.6) is 0 Å². The number of rotatable bonds is 2. The third-order valence-corrected chi connectivity index (χ3v) is 2.37. The SMILES string of the molecule is Bc1c(C)cc(C(C)C)nc1C=C. The zero-order valence-electron chi connectivity index (χ0n) is 8.89. The van der Waals surface area contributed by atoms with Crippen LogP contribution in [0.4, 0.5) is 0 Å². The molecular weight excluding hydrogens is 157 g/mol. The standard InChI is InChI=1S/C11H16BN/c1-5-9-11(12)8(4)6-10(13-9)7(2)3/h5-7H,1,12H2,2-4H3. The topological polar surface area (TPSA) is 12.9 Å². The predicted molar refractivity (Wildman–Crippen MR) is 61.3 cm³/mol. The van der Waals surface area contributed by atoms with Crippen molar-refractivity contribution in [2.24, 2.45) is 0 Å². The van der Waals surface area contributed by atoms with Crippen molar-refractivity contribution in [1.29, 1.82) is 0 Å². The van der Waals surface area contributed by atoms with E-state index in [1.807, 2.05) is 6.08 Å². The Morgan fingerprint density at radius 2 is 2.15 bits per heavy atom. The van der Waals surface area contributed by atoms with Crippen LogP contribution in [0.25, 0.3) is 6.08 Å². The van der Waals surface area contributed by atoms with Crippen LogP contribution >= 0.6 is 0 Å². The minimum atomic E-state index is 0.484. The number of hydrogen-bond acceptors (Lipinski definition) is 1. The van der Waals surface area contributed by atoms with Crippen molar-refractivity contribution in [3.05, 3.63) is 29.6 Å². The van der Waals surface area contributed by atoms with E-state index in [0.29, 0.717) is 5.92 Å². The zero-order chi connectivity index (χ0) is 10.0. The summed E-state index contributed by atoms with van der Waals surface area (Å²) in [7, 11) is 2.09. The third-order valence-electron chi connectivity index (χ3n) is 2.37. The molecule has 1 aromatic rings. The van der Waals surface area contributed by atoms with E-state index in [9.17, 15) is 0 Å². The van der Waals surface area contributed by atoms with Gasteiger partial charge in [-0.15, -0.1) is 0 Å². The molecule has 0 spiro atoms. The van der Waals surface area contributed by atoms with Gasteiger partial charge in [-0.3, -0.25) is 4.98 Å². The zero-order valence-corrected chi connectivity index (χ0v) is 8.89. The maximum absolute atomic E-state index is 4.53. The maximum Gasteiger partial charge on any atom is 0.142 e. The quantitative estimate of drug-likeness (QED) is 0.616. The van der Waals surface area contributed by atoms with Crippen LogP contribution < -0.4 is 5.46 Å². The largest absolute Gasteiger partial charge is 0.254 e. The summed E-state index contributed by atoms with van der Waals surface area (Å²) >= 11 is 0. The molecule has 1 heterocycles. The Morgan fingerprint density at radius 1 is 1.54 bits per heavy atom. The lowest BCUT2D eigenvalue weighted by atomic mass is 9.88. The normalized spacial score (nSPS) is 10.5. The van der Waals surface area contributed by atoms with Crippen LogP contribution in [-0.4, -0.2) is 12.8 Å². The van der Waals surface area contributed by atoms with Gasteiger partial charge in [-0.1, -0.05) is 31.5 Å². The molecule has 0 aliphatic heterocycles. The summed E-state index contributed by atoms with van der Waals surface area (Å²) in [4.78, 5) is 4.53. The highest BCUT2D eigenvalue weighted by Gasteiger charge is 2.05. The minimum Gasteiger partial charge on any atom is -0.254 e. The third kappa shape index (κ3) is 2.00. The fraction of sp³-hybridized carbons (Fsp3) is 0.364. The summed E-state index contributed by atoms with van der Waals surface area (Å²) in [6.45, 7) is 10.2. The Hall–Kier alpha value is -1.05. The van der Waals surface area contributed by atoms with E-state index in [-0.39, 0.29) is 0 Å². The van der Waals surface area contributed by atoms with Crippen LogP contribution in [0, 0.1) is 6.92 Å². The first-order valence-corrected chi connectivity index (χ1v) is 4.66. The van der Waals surface area contributed by atoms with Gasteiger partial charge in [0.05, 0.1) is 5.69 Å². The molecule has 0 fully saturated rings. The maximum atomic E-state index is 4.53. The summed E-state index contributed by atoms with van der Waals surface area (Å²) < 4.78 is 0. The fourth-order valence-corrected chi connectivity index (χ4v) is 1.28. The van der Waals surface area contributed by atoms with Gasteiger partial charge in [0.15, 0.2) is 0 Å². The lowest BCUT2D eigenvalue weighted by Crippen LogP contribution is -2.15. The molecule has 1 aromatic heterocycles. The second-order valence-corrected chi connectivity index (χ2v) is 3.73. The minimum absolute atomic E-state index is 0.484. The lowest BCUT2D eigenvalue weighted by molar-refractivity contribution is 0.820. The van der Waals surface area contributed by atoms with Gasteiger partial charge < -0.3 is 0 Å². The Bertz CT molecular complexity index is 329. The molecule has 2 heteroatoms. The molecule has 0 aromatic carbocycles. The van der Waals surface area contributed by atoms with E-state index in [2.05, 4.69) is 46.2 Å². The van der Waals surface area contributed by atoms with Crippen molar-refractivity contribution in [3.8, 4) is 0 Å². The number of pyridine rings is 1. The van der Waals surface area contributed by atoms with Gasteiger partial charge in [0.2, 0.25) is 0 Å². The summed E-state index contributed by atoms with van der Waals surface area (Å²) in [5.74, 6) is 0.484. The molecule has 0 aliphatic carbocycles. The summed E-state index contributed by atoms with van der Waals surface area (Å²) in [5.41, 5.74) is 4.70. The highest BCUT2D eigenvalue weighted by atomic mass is 14.7. The first kappa shape index (κ1) is 10.0. The van der Waals surface area contributed by atoms with Crippen LogP contribution in [-0.2, 0) is 0 Å². The Morgan fingerprint density at radius 3 is 2.62 bits per heavy atom. The monoisotopic (exact) mass is 173 g/mol. The van der Waals surface area contributed by atoms with Crippen LogP contribution in [0.1, 0.15) is 36.7 Å². The number of aryl methyl sites for hydroxylation is 1. The molecule has 1 nitrogen and oxygen atoms in total. The molecule has 0 N–H and O–H groups in total. The highest BCUT2D eigenvalue weighted by molar-refractivity contribution is 6.34. The van der Waals surface area contributed by atoms with Crippen LogP contribution in [0.15, 0.2) is 12.6 Å². The molecule has 0 radical (unpaired) electrons. The fourth-order valence-electron chi connectivity index (χ4n) is 1.28. The first-order valence-electron chi connectivity index (χ1n) is 4.66. The molecular formula is C11H16BN. The summed E-state index contributed by atoms with van der Waals surface area (Å²) in [6, 6.07) is 2.16. The van der Waals surface area contributed by atoms with Crippen molar-refractivity contribution in [3.63, 3.8) is 0 Å². The van der Waals surface area contributed by atoms with Crippen LogP contribution in [0.3, 0.4) is 0 Å². The van der Waals surface area contributed by atoms with Crippen molar-refractivity contribution in [2.75, 3.05) is 0 Å². The predicted octanol–water partition coefficient (Wildman–Crippen LogP) is 1.41. The van der Waals surface area contributed by atoms with Gasteiger partial charge in [-0.2, -0.15) is 0 Å². The molecule has 0 bridgehead atoms. The molecule has 1 rings (SSSR count). The van der Waals surface area contributed by atoms with E-state index in [1.165, 1.54) is 11.0 Å². The smallest absolute Gasteiger partial charge is 0.142 e. The van der Waals surface area contributed by atoms with Gasteiger partial charge in [0.25, 0.3) is 0 Å². The van der Waals surface area contributed by atoms with E-state index in [1.54, 1.807) is 0 Å². The average Bonchev–Trinajstić information content (AvgIpc) is 2.09. The molecule has 13 heavy (non-hydrogen) atoms. The van der Waals surface area contributed by atoms with Crippen molar-refractivity contribution in [2.45, 2.75) is 26.7 Å². The van der Waals surface area contributed by atoms with Gasteiger partial charge in [0.1, 0.15) is 7.85 Å². The van der Waals surface area contributed by atoms with Crippen molar-refractivity contribution < 1.29 is 0 Å². The molecule has 0 saturated carbocycles. The number of aromatic nitrogens is 1. The van der Waals surface area contributed by atoms with Crippen molar-refractivity contribution >= 4 is 19.4 Å². The molecule has 0 amide bonds. The summed E-state index contributed by atoms with van der Waals surface area (Å²) in [5, 5.41) is 0. The van der Waals surface area contributed by atoms with Crippen molar-refractivity contribution in [1.82, 2.24) is 4.98 Å². The molecule has 0 atom stereocenters. The second-order valence-electron chi connectivity index (χ2n) is 3.73. The molecule has 68 valence electrons. The molecule has 0 saturated heterocycles. The lowest BCUT2D eigenvalue weighted by Gasteiger charge is -2.10. The molecule has 0 aliphatic rings. The van der Waals surface area contributed by atoms with E-state index < -0.39 is 0 Å². The first-order chi connectivity index (χ1) is 6.06. The summed E-state index contributed by atoms with van der Waals surface area (Å²) in [6.07, 6.45) is 1.83. The average molecular weight is 173 g/mol. The van der Waals surface area contributed by atoms with E-state index in [4.69, 9.17) is 0 Å². The van der Waals surface area contributed by atoms with Crippen LogP contribution in [0.2, 0.25) is 0 Å². The number of nitrogens with zero attached hydrogens (tertiary/aromatic N) is 1. The Kier molecular flexibility index (Phi) is 2.92. The van der Waals surface area contributed by atoms with E-state index >= 15 is 0 Å². The second kappa shape index (κ2) is 3.78. The Labute approximate surface area is 81.3 Å². The van der Waals surface area contributed by atoms with E-state index in [0.717, 1.165) is 11.4 Å². The van der Waals surface area contributed by atoms with Gasteiger partial charge in [-0.25, -0.2) is 0 Å².